The fourth-order valence-corrected chi connectivity index (χ4v) is 4.81. The first-order chi connectivity index (χ1) is 17.5. The van der Waals surface area contributed by atoms with Gasteiger partial charge in [-0.1, -0.05) is 72.8 Å². The molecule has 0 bridgehead atoms. The van der Waals surface area contributed by atoms with Crippen LogP contribution in [0.5, 0.6) is 17.2 Å². The zero-order valence-corrected chi connectivity index (χ0v) is 20.9. The Morgan fingerprint density at radius 3 is 1.92 bits per heavy atom. The molecular formula is C32H28O4. The number of fused-ring (bicyclic) bond motifs is 3. The molecule has 0 aromatic heterocycles. The molecule has 1 aliphatic rings. The molecule has 4 aromatic carbocycles. The Bertz CT molecular complexity index is 1440. The van der Waals surface area contributed by atoms with E-state index in [0.717, 1.165) is 50.3 Å². The zero-order chi connectivity index (χ0) is 25.2. The summed E-state index contributed by atoms with van der Waals surface area (Å²) in [6.45, 7) is 4.12. The monoisotopic (exact) mass is 476 g/mol. The van der Waals surface area contributed by atoms with Gasteiger partial charge in [-0.2, -0.15) is 0 Å². The fraction of sp³-hybridized carbons (Fsp3) is 0.156. The Kier molecular flexibility index (Phi) is 6.34. The second kappa shape index (κ2) is 9.74. The smallest absolute Gasteiger partial charge is 0.323 e. The highest BCUT2D eigenvalue weighted by Crippen LogP contribution is 2.45. The van der Waals surface area contributed by atoms with Gasteiger partial charge in [-0.3, -0.25) is 4.79 Å². The Morgan fingerprint density at radius 1 is 0.694 bits per heavy atom. The van der Waals surface area contributed by atoms with Crippen molar-refractivity contribution in [3.05, 3.63) is 112 Å². The number of aryl methyl sites for hydroxylation is 1. The van der Waals surface area contributed by atoms with Crippen molar-refractivity contribution in [2.75, 3.05) is 14.2 Å². The van der Waals surface area contributed by atoms with Crippen molar-refractivity contribution >= 4 is 18.1 Å². The lowest BCUT2D eigenvalue weighted by atomic mass is 9.97. The van der Waals surface area contributed by atoms with Gasteiger partial charge in [0.15, 0.2) is 11.5 Å². The Hall–Kier alpha value is -4.31. The molecule has 0 radical (unpaired) electrons. The van der Waals surface area contributed by atoms with E-state index in [1.165, 1.54) is 0 Å². The standard InChI is InChI=1S/C32H28O4/c1-20-17-23(19-29(35-4)21(20)2)14-13-22-15-16-28(34-3)30(18-22)36-32(33)31-26-11-7-5-9-24(26)25-10-6-8-12-27(25)31/h5-19,31H,1-4H3/b14-13+. The van der Waals surface area contributed by atoms with E-state index in [2.05, 4.69) is 25.1 Å². The zero-order valence-electron chi connectivity index (χ0n) is 20.9. The second-order valence-corrected chi connectivity index (χ2v) is 8.94. The lowest BCUT2D eigenvalue weighted by Gasteiger charge is -2.15. The summed E-state index contributed by atoms with van der Waals surface area (Å²) in [5.41, 5.74) is 8.28. The van der Waals surface area contributed by atoms with Gasteiger partial charge in [-0.25, -0.2) is 0 Å². The molecule has 4 heteroatoms. The molecule has 0 spiro atoms. The number of hydrogen-bond acceptors (Lipinski definition) is 4. The van der Waals surface area contributed by atoms with Crippen molar-refractivity contribution in [2.24, 2.45) is 0 Å². The Labute approximate surface area is 211 Å². The molecule has 0 atom stereocenters. The summed E-state index contributed by atoms with van der Waals surface area (Å²) in [6, 6.07) is 25.7. The third kappa shape index (κ3) is 4.27. The van der Waals surface area contributed by atoms with E-state index in [1.807, 2.05) is 79.7 Å². The molecule has 0 saturated carbocycles. The summed E-state index contributed by atoms with van der Waals surface area (Å²) in [4.78, 5) is 13.5. The minimum absolute atomic E-state index is 0.328. The van der Waals surface area contributed by atoms with Gasteiger partial charge in [0, 0.05) is 0 Å². The van der Waals surface area contributed by atoms with Crippen molar-refractivity contribution < 1.29 is 19.0 Å². The molecule has 0 unspecified atom stereocenters. The maximum Gasteiger partial charge on any atom is 0.323 e. The van der Waals surface area contributed by atoms with Gasteiger partial charge in [0.25, 0.3) is 0 Å². The highest BCUT2D eigenvalue weighted by atomic mass is 16.6. The van der Waals surface area contributed by atoms with Crippen LogP contribution in [0.25, 0.3) is 23.3 Å². The number of esters is 1. The van der Waals surface area contributed by atoms with Crippen molar-refractivity contribution in [1.29, 1.82) is 0 Å². The number of ether oxygens (including phenoxy) is 3. The van der Waals surface area contributed by atoms with Crippen molar-refractivity contribution in [2.45, 2.75) is 19.8 Å². The second-order valence-electron chi connectivity index (χ2n) is 8.94. The number of methoxy groups -OCH3 is 2. The summed E-state index contributed by atoms with van der Waals surface area (Å²) in [5, 5.41) is 0. The normalized spacial score (nSPS) is 12.3. The molecule has 0 aliphatic heterocycles. The van der Waals surface area contributed by atoms with E-state index in [4.69, 9.17) is 14.2 Å². The maximum atomic E-state index is 13.5. The third-order valence-corrected chi connectivity index (χ3v) is 6.80. The van der Waals surface area contributed by atoms with Crippen LogP contribution >= 0.6 is 0 Å². The van der Waals surface area contributed by atoms with E-state index in [-0.39, 0.29) is 5.97 Å². The van der Waals surface area contributed by atoms with E-state index in [0.29, 0.717) is 11.5 Å². The number of carbonyl (C=O) groups is 1. The average molecular weight is 477 g/mol. The Balaban J connectivity index is 1.44. The van der Waals surface area contributed by atoms with Gasteiger partial charge in [-0.05, 0) is 76.6 Å². The summed E-state index contributed by atoms with van der Waals surface area (Å²) < 4.78 is 17.0. The highest BCUT2D eigenvalue weighted by Gasteiger charge is 2.35. The molecule has 4 nitrogen and oxygen atoms in total. The average Bonchev–Trinajstić information content (AvgIpc) is 3.24. The lowest BCUT2D eigenvalue weighted by molar-refractivity contribution is -0.135. The van der Waals surface area contributed by atoms with Crippen LogP contribution in [-0.2, 0) is 4.79 Å². The van der Waals surface area contributed by atoms with E-state index in [9.17, 15) is 4.79 Å². The van der Waals surface area contributed by atoms with Crippen LogP contribution in [0, 0.1) is 13.8 Å². The van der Waals surface area contributed by atoms with E-state index < -0.39 is 5.92 Å². The SMILES string of the molecule is COc1ccc(/C=C/c2cc(C)c(C)c(OC)c2)cc1OC(=O)C1c2ccccc2-c2ccccc21. The van der Waals surface area contributed by atoms with Crippen molar-refractivity contribution in [1.82, 2.24) is 0 Å². The topological polar surface area (TPSA) is 44.8 Å². The van der Waals surface area contributed by atoms with Gasteiger partial charge in [0.2, 0.25) is 0 Å². The molecule has 0 N–H and O–H groups in total. The van der Waals surface area contributed by atoms with Crippen molar-refractivity contribution in [3.8, 4) is 28.4 Å². The van der Waals surface area contributed by atoms with E-state index >= 15 is 0 Å². The van der Waals surface area contributed by atoms with E-state index in [1.54, 1.807) is 14.2 Å². The number of carbonyl (C=O) groups excluding carboxylic acids is 1. The summed E-state index contributed by atoms with van der Waals surface area (Å²) in [5.74, 6) is 0.947. The molecule has 0 fully saturated rings. The molecule has 0 amide bonds. The largest absolute Gasteiger partial charge is 0.496 e. The first kappa shape index (κ1) is 23.4. The quantitative estimate of drug-likeness (QED) is 0.168. The summed E-state index contributed by atoms with van der Waals surface area (Å²) in [6.07, 6.45) is 4.01. The first-order valence-electron chi connectivity index (χ1n) is 11.9. The summed E-state index contributed by atoms with van der Waals surface area (Å²) >= 11 is 0. The molecule has 0 heterocycles. The fourth-order valence-electron chi connectivity index (χ4n) is 4.81. The predicted molar refractivity (Wildman–Crippen MR) is 144 cm³/mol. The van der Waals surface area contributed by atoms with Crippen LogP contribution in [0.2, 0.25) is 0 Å². The molecule has 180 valence electrons. The van der Waals surface area contributed by atoms with Crippen molar-refractivity contribution in [3.63, 3.8) is 0 Å². The van der Waals surface area contributed by atoms with Crippen LogP contribution in [0.4, 0.5) is 0 Å². The summed E-state index contributed by atoms with van der Waals surface area (Å²) in [7, 11) is 3.25. The van der Waals surface area contributed by atoms with Crippen LogP contribution < -0.4 is 14.2 Å². The van der Waals surface area contributed by atoms with Gasteiger partial charge >= 0.3 is 5.97 Å². The molecular weight excluding hydrogens is 448 g/mol. The van der Waals surface area contributed by atoms with Gasteiger partial charge < -0.3 is 14.2 Å². The maximum absolute atomic E-state index is 13.5. The van der Waals surface area contributed by atoms with Gasteiger partial charge in [0.05, 0.1) is 14.2 Å². The molecule has 4 aromatic rings. The Morgan fingerprint density at radius 2 is 1.28 bits per heavy atom. The molecule has 1 aliphatic carbocycles. The molecule has 0 saturated heterocycles. The predicted octanol–water partition coefficient (Wildman–Crippen LogP) is 7.21. The van der Waals surface area contributed by atoms with Gasteiger partial charge in [-0.15, -0.1) is 0 Å². The van der Waals surface area contributed by atoms with Crippen LogP contribution in [-0.4, -0.2) is 20.2 Å². The molecule has 5 rings (SSSR count). The number of hydrogen-bond donors (Lipinski definition) is 0. The van der Waals surface area contributed by atoms with Crippen LogP contribution in [0.1, 0.15) is 39.3 Å². The number of rotatable bonds is 6. The highest BCUT2D eigenvalue weighted by molar-refractivity contribution is 5.94. The first-order valence-corrected chi connectivity index (χ1v) is 11.9. The molecule has 36 heavy (non-hydrogen) atoms. The van der Waals surface area contributed by atoms with Crippen LogP contribution in [0.3, 0.4) is 0 Å². The lowest BCUT2D eigenvalue weighted by Crippen LogP contribution is -2.18. The minimum Gasteiger partial charge on any atom is -0.496 e. The minimum atomic E-state index is -0.482. The number of benzene rings is 4. The third-order valence-electron chi connectivity index (χ3n) is 6.80. The van der Waals surface area contributed by atoms with Gasteiger partial charge in [0.1, 0.15) is 11.7 Å². The van der Waals surface area contributed by atoms with Crippen LogP contribution in [0.15, 0.2) is 78.9 Å².